The third kappa shape index (κ3) is 8.29. The fourth-order valence-corrected chi connectivity index (χ4v) is 2.46. The molecule has 0 aliphatic heterocycles. The minimum absolute atomic E-state index is 0.321. The van der Waals surface area contributed by atoms with E-state index in [1.54, 1.807) is 12.1 Å². The third-order valence-corrected chi connectivity index (χ3v) is 3.84. The van der Waals surface area contributed by atoms with Gasteiger partial charge in [-0.1, -0.05) is 24.6 Å². The highest BCUT2D eigenvalue weighted by Gasteiger charge is 2.04. The van der Waals surface area contributed by atoms with Crippen LogP contribution in [-0.4, -0.2) is 43.2 Å². The van der Waals surface area contributed by atoms with Crippen LogP contribution in [0.25, 0.3) is 0 Å². The molecule has 0 radical (unpaired) electrons. The van der Waals surface area contributed by atoms with Gasteiger partial charge in [-0.3, -0.25) is 4.99 Å². The predicted molar refractivity (Wildman–Crippen MR) is 99.1 cm³/mol. The number of guanidine groups is 1. The fraction of sp³-hybridized carbons (Fsp3) is 0.526. The number of benzene rings is 1. The molecule has 0 saturated carbocycles. The first-order chi connectivity index (χ1) is 11.2. The number of hydrogen-bond acceptors (Lipinski definition) is 2. The maximum absolute atomic E-state index is 9.27. The number of unbranched alkanes of at least 4 members (excludes halogenated alkanes) is 3. The van der Waals surface area contributed by atoms with Crippen molar-refractivity contribution >= 4 is 5.96 Å². The standard InChI is InChI=1S/C19H31N3O/c1-4-5-6-7-8-16-22(3)19(20-2)21-15-9-10-17-11-13-18(23)14-12-17/h4,11-14,23H,1,5-10,15-16H2,2-3H3,(H,20,21). The lowest BCUT2D eigenvalue weighted by atomic mass is 10.1. The molecular formula is C19H31N3O. The van der Waals surface area contributed by atoms with E-state index in [4.69, 9.17) is 0 Å². The Kier molecular flexibility index (Phi) is 9.60. The van der Waals surface area contributed by atoms with Gasteiger partial charge < -0.3 is 15.3 Å². The number of aromatic hydroxyl groups is 1. The first kappa shape index (κ1) is 19.1. The Balaban J connectivity index is 2.19. The first-order valence-corrected chi connectivity index (χ1v) is 8.48. The molecule has 0 aromatic heterocycles. The number of phenols is 1. The van der Waals surface area contributed by atoms with E-state index in [-0.39, 0.29) is 0 Å². The van der Waals surface area contributed by atoms with E-state index in [0.29, 0.717) is 5.75 Å². The summed E-state index contributed by atoms with van der Waals surface area (Å²) < 4.78 is 0. The summed E-state index contributed by atoms with van der Waals surface area (Å²) in [5.41, 5.74) is 1.25. The van der Waals surface area contributed by atoms with E-state index in [1.165, 1.54) is 24.8 Å². The van der Waals surface area contributed by atoms with Crippen LogP contribution >= 0.6 is 0 Å². The Morgan fingerprint density at radius 1 is 1.22 bits per heavy atom. The molecule has 1 rings (SSSR count). The maximum atomic E-state index is 9.27. The minimum Gasteiger partial charge on any atom is -0.508 e. The van der Waals surface area contributed by atoms with E-state index in [2.05, 4.69) is 28.8 Å². The largest absolute Gasteiger partial charge is 0.508 e. The first-order valence-electron chi connectivity index (χ1n) is 8.48. The molecule has 1 aromatic rings. The lowest BCUT2D eigenvalue weighted by Crippen LogP contribution is -2.39. The third-order valence-electron chi connectivity index (χ3n) is 3.84. The molecule has 0 unspecified atom stereocenters. The van der Waals surface area contributed by atoms with Gasteiger partial charge in [-0.2, -0.15) is 0 Å². The van der Waals surface area contributed by atoms with Crippen LogP contribution in [0.2, 0.25) is 0 Å². The molecule has 0 spiro atoms. The zero-order valence-electron chi connectivity index (χ0n) is 14.6. The molecule has 0 aliphatic carbocycles. The van der Waals surface area contributed by atoms with Gasteiger partial charge in [0.1, 0.15) is 5.75 Å². The monoisotopic (exact) mass is 317 g/mol. The summed E-state index contributed by atoms with van der Waals surface area (Å²) in [5, 5.41) is 12.7. The SMILES string of the molecule is C=CCCCCCN(C)C(=NC)NCCCc1ccc(O)cc1. The van der Waals surface area contributed by atoms with E-state index >= 15 is 0 Å². The van der Waals surface area contributed by atoms with Gasteiger partial charge >= 0.3 is 0 Å². The van der Waals surface area contributed by atoms with Crippen molar-refractivity contribution in [3.63, 3.8) is 0 Å². The molecule has 0 bridgehead atoms. The quantitative estimate of drug-likeness (QED) is 0.300. The summed E-state index contributed by atoms with van der Waals surface area (Å²) in [5.74, 6) is 1.28. The van der Waals surface area contributed by atoms with Crippen LogP contribution in [-0.2, 0) is 6.42 Å². The number of rotatable bonds is 10. The van der Waals surface area contributed by atoms with E-state index in [1.807, 2.05) is 25.3 Å². The molecule has 0 amide bonds. The summed E-state index contributed by atoms with van der Waals surface area (Å²) in [6.07, 6.45) is 8.75. The van der Waals surface area contributed by atoms with E-state index < -0.39 is 0 Å². The lowest BCUT2D eigenvalue weighted by molar-refractivity contribution is 0.454. The summed E-state index contributed by atoms with van der Waals surface area (Å²) in [6.45, 7) is 5.67. The fourth-order valence-electron chi connectivity index (χ4n) is 2.46. The van der Waals surface area contributed by atoms with Gasteiger partial charge in [0.2, 0.25) is 0 Å². The summed E-state index contributed by atoms with van der Waals surface area (Å²) >= 11 is 0. The van der Waals surface area contributed by atoms with Crippen LogP contribution in [0.3, 0.4) is 0 Å². The maximum Gasteiger partial charge on any atom is 0.193 e. The topological polar surface area (TPSA) is 47.9 Å². The highest BCUT2D eigenvalue weighted by Crippen LogP contribution is 2.10. The van der Waals surface area contributed by atoms with Gasteiger partial charge in [0.25, 0.3) is 0 Å². The van der Waals surface area contributed by atoms with Gasteiger partial charge in [-0.25, -0.2) is 0 Å². The van der Waals surface area contributed by atoms with Crippen LogP contribution in [0.15, 0.2) is 41.9 Å². The van der Waals surface area contributed by atoms with Gasteiger partial charge in [-0.05, 0) is 49.8 Å². The van der Waals surface area contributed by atoms with Crippen molar-refractivity contribution in [3.8, 4) is 5.75 Å². The average Bonchev–Trinajstić information content (AvgIpc) is 2.56. The van der Waals surface area contributed by atoms with Gasteiger partial charge in [-0.15, -0.1) is 6.58 Å². The molecule has 0 heterocycles. The molecule has 128 valence electrons. The number of allylic oxidation sites excluding steroid dienone is 1. The molecule has 0 saturated heterocycles. The van der Waals surface area contributed by atoms with E-state index in [0.717, 1.165) is 38.3 Å². The number of aryl methyl sites for hydroxylation is 1. The molecule has 23 heavy (non-hydrogen) atoms. The van der Waals surface area contributed by atoms with Crippen LogP contribution in [0.4, 0.5) is 0 Å². The normalized spacial score (nSPS) is 11.3. The van der Waals surface area contributed by atoms with Crippen molar-refractivity contribution in [3.05, 3.63) is 42.5 Å². The number of nitrogens with zero attached hydrogens (tertiary/aromatic N) is 2. The van der Waals surface area contributed by atoms with Gasteiger partial charge in [0, 0.05) is 27.2 Å². The molecule has 0 fully saturated rings. The summed E-state index contributed by atoms with van der Waals surface area (Å²) in [7, 11) is 3.92. The second-order valence-electron chi connectivity index (χ2n) is 5.80. The highest BCUT2D eigenvalue weighted by molar-refractivity contribution is 5.79. The van der Waals surface area contributed by atoms with Gasteiger partial charge in [0.05, 0.1) is 0 Å². The summed E-state index contributed by atoms with van der Waals surface area (Å²) in [6, 6.07) is 7.42. The van der Waals surface area contributed by atoms with Crippen molar-refractivity contribution in [2.24, 2.45) is 4.99 Å². The van der Waals surface area contributed by atoms with Crippen molar-refractivity contribution in [2.75, 3.05) is 27.2 Å². The van der Waals surface area contributed by atoms with Crippen LogP contribution in [0.5, 0.6) is 5.75 Å². The Morgan fingerprint density at radius 2 is 1.96 bits per heavy atom. The molecule has 4 heteroatoms. The zero-order chi connectivity index (χ0) is 16.9. The smallest absolute Gasteiger partial charge is 0.193 e. The number of aliphatic imine (C=N–C) groups is 1. The van der Waals surface area contributed by atoms with Crippen LogP contribution in [0, 0.1) is 0 Å². The Bertz CT molecular complexity index is 468. The highest BCUT2D eigenvalue weighted by atomic mass is 16.3. The number of hydrogen-bond donors (Lipinski definition) is 2. The Labute approximate surface area is 140 Å². The molecule has 0 aliphatic rings. The Hall–Kier alpha value is -1.97. The summed E-state index contributed by atoms with van der Waals surface area (Å²) in [4.78, 5) is 6.53. The minimum atomic E-state index is 0.321. The van der Waals surface area contributed by atoms with Crippen molar-refractivity contribution in [2.45, 2.75) is 38.5 Å². The molecule has 2 N–H and O–H groups in total. The molecular weight excluding hydrogens is 286 g/mol. The van der Waals surface area contributed by atoms with Crippen molar-refractivity contribution in [1.82, 2.24) is 10.2 Å². The lowest BCUT2D eigenvalue weighted by Gasteiger charge is -2.22. The van der Waals surface area contributed by atoms with Crippen LogP contribution in [0.1, 0.15) is 37.7 Å². The second-order valence-corrected chi connectivity index (χ2v) is 5.80. The zero-order valence-corrected chi connectivity index (χ0v) is 14.6. The molecule has 4 nitrogen and oxygen atoms in total. The second kappa shape index (κ2) is 11.6. The number of nitrogens with one attached hydrogen (secondary N) is 1. The van der Waals surface area contributed by atoms with Crippen molar-refractivity contribution in [1.29, 1.82) is 0 Å². The van der Waals surface area contributed by atoms with Crippen LogP contribution < -0.4 is 5.32 Å². The number of phenolic OH excluding ortho intramolecular Hbond substituents is 1. The van der Waals surface area contributed by atoms with E-state index in [9.17, 15) is 5.11 Å². The molecule has 0 atom stereocenters. The predicted octanol–water partition coefficient (Wildman–Crippen LogP) is 3.58. The Morgan fingerprint density at radius 3 is 2.61 bits per heavy atom. The average molecular weight is 317 g/mol. The van der Waals surface area contributed by atoms with Gasteiger partial charge in [0.15, 0.2) is 5.96 Å². The molecule has 1 aromatic carbocycles. The van der Waals surface area contributed by atoms with Crippen molar-refractivity contribution < 1.29 is 5.11 Å².